The summed E-state index contributed by atoms with van der Waals surface area (Å²) >= 11 is 6.27. The molecule has 15 heavy (non-hydrogen) atoms. The third kappa shape index (κ3) is 2.27. The molecular formula is C12H17ClN2. The molecule has 0 unspecified atom stereocenters. The summed E-state index contributed by atoms with van der Waals surface area (Å²) in [5.41, 5.74) is 2.38. The fourth-order valence-electron chi connectivity index (χ4n) is 2.04. The first-order valence-electron chi connectivity index (χ1n) is 5.42. The van der Waals surface area contributed by atoms with Crippen molar-refractivity contribution in [1.82, 2.24) is 5.32 Å². The van der Waals surface area contributed by atoms with E-state index in [0.717, 1.165) is 30.3 Å². The first-order chi connectivity index (χ1) is 7.18. The molecule has 1 aliphatic heterocycles. The molecule has 0 saturated carbocycles. The van der Waals surface area contributed by atoms with Gasteiger partial charge in [-0.2, -0.15) is 0 Å². The van der Waals surface area contributed by atoms with Crippen molar-refractivity contribution in [3.63, 3.8) is 0 Å². The summed E-state index contributed by atoms with van der Waals surface area (Å²) in [5.74, 6) is 0. The van der Waals surface area contributed by atoms with Gasteiger partial charge in [0.05, 0.1) is 10.7 Å². The van der Waals surface area contributed by atoms with Gasteiger partial charge in [0.1, 0.15) is 0 Å². The van der Waals surface area contributed by atoms with Gasteiger partial charge in [-0.1, -0.05) is 17.7 Å². The van der Waals surface area contributed by atoms with E-state index in [1.807, 2.05) is 6.07 Å². The molecule has 1 fully saturated rings. The highest BCUT2D eigenvalue weighted by molar-refractivity contribution is 6.33. The number of benzene rings is 1. The first-order valence-corrected chi connectivity index (χ1v) is 5.80. The Morgan fingerprint density at radius 1 is 1.47 bits per heavy atom. The molecule has 1 aliphatic rings. The molecule has 0 radical (unpaired) electrons. The molecule has 1 aromatic carbocycles. The smallest absolute Gasteiger partial charge is 0.0642 e. The predicted octanol–water partition coefficient (Wildman–Crippen LogP) is 2.45. The van der Waals surface area contributed by atoms with Crippen molar-refractivity contribution in [2.45, 2.75) is 19.9 Å². The third-order valence-corrected chi connectivity index (χ3v) is 3.22. The highest BCUT2D eigenvalue weighted by Crippen LogP contribution is 2.28. The van der Waals surface area contributed by atoms with Crippen molar-refractivity contribution in [3.05, 3.63) is 28.8 Å². The van der Waals surface area contributed by atoms with Crippen molar-refractivity contribution in [2.24, 2.45) is 0 Å². The van der Waals surface area contributed by atoms with Crippen LogP contribution in [0.2, 0.25) is 5.02 Å². The molecule has 2 nitrogen and oxygen atoms in total. The van der Waals surface area contributed by atoms with Crippen molar-refractivity contribution < 1.29 is 0 Å². The van der Waals surface area contributed by atoms with E-state index in [1.165, 1.54) is 5.56 Å². The number of aryl methyl sites for hydroxylation is 1. The molecule has 3 heteroatoms. The Kier molecular flexibility index (Phi) is 3.17. The Labute approximate surface area is 96.2 Å². The van der Waals surface area contributed by atoms with Crippen molar-refractivity contribution in [2.75, 3.05) is 24.5 Å². The Morgan fingerprint density at radius 2 is 2.27 bits per heavy atom. The van der Waals surface area contributed by atoms with Crippen LogP contribution in [0, 0.1) is 6.92 Å². The average Bonchev–Trinajstić information content (AvgIpc) is 2.20. The maximum Gasteiger partial charge on any atom is 0.0642 e. The number of hydrogen-bond donors (Lipinski definition) is 1. The van der Waals surface area contributed by atoms with E-state index < -0.39 is 0 Å². The van der Waals surface area contributed by atoms with Crippen molar-refractivity contribution in [1.29, 1.82) is 0 Å². The van der Waals surface area contributed by atoms with Gasteiger partial charge in [-0.15, -0.1) is 0 Å². The highest BCUT2D eigenvalue weighted by Gasteiger charge is 2.19. The summed E-state index contributed by atoms with van der Waals surface area (Å²) in [6.45, 7) is 7.39. The molecule has 1 aromatic rings. The molecule has 0 amide bonds. The Bertz CT molecular complexity index is 351. The van der Waals surface area contributed by atoms with Crippen LogP contribution in [-0.4, -0.2) is 25.7 Å². The van der Waals surface area contributed by atoms with Gasteiger partial charge < -0.3 is 10.2 Å². The lowest BCUT2D eigenvalue weighted by atomic mass is 10.1. The zero-order chi connectivity index (χ0) is 10.8. The molecule has 0 aromatic heterocycles. The van der Waals surface area contributed by atoms with Gasteiger partial charge in [-0.05, 0) is 31.5 Å². The molecule has 82 valence electrons. The lowest BCUT2D eigenvalue weighted by Crippen LogP contribution is -2.50. The largest absolute Gasteiger partial charge is 0.365 e. The topological polar surface area (TPSA) is 15.3 Å². The fourth-order valence-corrected chi connectivity index (χ4v) is 2.39. The molecule has 0 bridgehead atoms. The number of nitrogens with zero attached hydrogens (tertiary/aromatic N) is 1. The summed E-state index contributed by atoms with van der Waals surface area (Å²) in [6.07, 6.45) is 0. The Hall–Kier alpha value is -0.730. The molecule has 1 atom stereocenters. The first kappa shape index (κ1) is 10.8. The summed E-state index contributed by atoms with van der Waals surface area (Å²) < 4.78 is 0. The lowest BCUT2D eigenvalue weighted by molar-refractivity contribution is 0.501. The average molecular weight is 225 g/mol. The van der Waals surface area contributed by atoms with Crippen LogP contribution in [0.1, 0.15) is 12.5 Å². The van der Waals surface area contributed by atoms with E-state index in [4.69, 9.17) is 11.6 Å². The fraction of sp³-hybridized carbons (Fsp3) is 0.500. The minimum absolute atomic E-state index is 0.513. The van der Waals surface area contributed by atoms with Crippen LogP contribution < -0.4 is 10.2 Å². The molecular weight excluding hydrogens is 208 g/mol. The molecule has 2 rings (SSSR count). The maximum atomic E-state index is 6.27. The van der Waals surface area contributed by atoms with Crippen LogP contribution in [0.3, 0.4) is 0 Å². The summed E-state index contributed by atoms with van der Waals surface area (Å²) in [4.78, 5) is 2.37. The number of halogens is 1. The third-order valence-electron chi connectivity index (χ3n) is 2.91. The minimum Gasteiger partial charge on any atom is -0.365 e. The van der Waals surface area contributed by atoms with E-state index in [0.29, 0.717) is 6.04 Å². The van der Waals surface area contributed by atoms with E-state index >= 15 is 0 Å². The number of rotatable bonds is 1. The van der Waals surface area contributed by atoms with E-state index in [2.05, 4.69) is 36.2 Å². The van der Waals surface area contributed by atoms with Crippen LogP contribution in [0.4, 0.5) is 5.69 Å². The Balaban J connectivity index is 2.27. The summed E-state index contributed by atoms with van der Waals surface area (Å²) in [5, 5.41) is 4.24. The van der Waals surface area contributed by atoms with Gasteiger partial charge in [0.2, 0.25) is 0 Å². The Morgan fingerprint density at radius 3 is 2.93 bits per heavy atom. The number of piperazine rings is 1. The van der Waals surface area contributed by atoms with E-state index in [9.17, 15) is 0 Å². The zero-order valence-electron chi connectivity index (χ0n) is 9.26. The molecule has 1 heterocycles. The summed E-state index contributed by atoms with van der Waals surface area (Å²) in [7, 11) is 0. The van der Waals surface area contributed by atoms with Crippen molar-refractivity contribution >= 4 is 17.3 Å². The van der Waals surface area contributed by atoms with Gasteiger partial charge in [0, 0.05) is 25.7 Å². The molecule has 1 N–H and O–H groups in total. The van der Waals surface area contributed by atoms with Gasteiger partial charge in [-0.25, -0.2) is 0 Å². The second kappa shape index (κ2) is 4.42. The molecule has 0 spiro atoms. The van der Waals surface area contributed by atoms with Crippen LogP contribution in [0.15, 0.2) is 18.2 Å². The number of hydrogen-bond acceptors (Lipinski definition) is 2. The van der Waals surface area contributed by atoms with Crippen LogP contribution in [0.5, 0.6) is 0 Å². The van der Waals surface area contributed by atoms with Crippen molar-refractivity contribution in [3.8, 4) is 0 Å². The minimum atomic E-state index is 0.513. The SMILES string of the molecule is Cc1ccc(N2CCNC[C@@H]2C)c(Cl)c1. The zero-order valence-corrected chi connectivity index (χ0v) is 10.0. The van der Waals surface area contributed by atoms with Crippen LogP contribution >= 0.6 is 11.6 Å². The van der Waals surface area contributed by atoms with Crippen LogP contribution in [0.25, 0.3) is 0 Å². The number of anilines is 1. The lowest BCUT2D eigenvalue weighted by Gasteiger charge is -2.36. The van der Waals surface area contributed by atoms with E-state index in [1.54, 1.807) is 0 Å². The maximum absolute atomic E-state index is 6.27. The van der Waals surface area contributed by atoms with Gasteiger partial charge in [0.25, 0.3) is 0 Å². The standard InChI is InChI=1S/C12H17ClN2/c1-9-3-4-12(11(13)7-9)15-6-5-14-8-10(15)2/h3-4,7,10,14H,5-6,8H2,1-2H3/t10-/m0/s1. The quantitative estimate of drug-likeness (QED) is 0.789. The van der Waals surface area contributed by atoms with Crippen LogP contribution in [-0.2, 0) is 0 Å². The number of nitrogens with one attached hydrogen (secondary N) is 1. The van der Waals surface area contributed by atoms with Gasteiger partial charge in [-0.3, -0.25) is 0 Å². The second-order valence-corrected chi connectivity index (χ2v) is 4.61. The predicted molar refractivity (Wildman–Crippen MR) is 65.9 cm³/mol. The molecule has 0 aliphatic carbocycles. The molecule has 1 saturated heterocycles. The van der Waals surface area contributed by atoms with Gasteiger partial charge >= 0.3 is 0 Å². The van der Waals surface area contributed by atoms with Gasteiger partial charge in [0.15, 0.2) is 0 Å². The normalized spacial score (nSPS) is 21.8. The van der Waals surface area contributed by atoms with E-state index in [-0.39, 0.29) is 0 Å². The summed E-state index contributed by atoms with van der Waals surface area (Å²) in [6, 6.07) is 6.79. The highest BCUT2D eigenvalue weighted by atomic mass is 35.5. The second-order valence-electron chi connectivity index (χ2n) is 4.20. The monoisotopic (exact) mass is 224 g/mol.